The van der Waals surface area contributed by atoms with Crippen LogP contribution in [-0.4, -0.2) is 16.3 Å². The van der Waals surface area contributed by atoms with E-state index < -0.39 is 6.36 Å². The summed E-state index contributed by atoms with van der Waals surface area (Å²) in [4.78, 5) is 7.59. The maximum atomic E-state index is 12.0. The summed E-state index contributed by atoms with van der Waals surface area (Å²) in [7, 11) is 0. The summed E-state index contributed by atoms with van der Waals surface area (Å²) in [5, 5.41) is 0. The molecule has 0 aliphatic rings. The van der Waals surface area contributed by atoms with Crippen molar-refractivity contribution in [1.82, 2.24) is 9.97 Å². The maximum Gasteiger partial charge on any atom is 0.573 e. The van der Waals surface area contributed by atoms with Gasteiger partial charge in [-0.3, -0.25) is 0 Å². The molecule has 0 unspecified atom stereocenters. The van der Waals surface area contributed by atoms with Crippen LogP contribution < -0.4 is 10.5 Å². The fourth-order valence-electron chi connectivity index (χ4n) is 1.34. The molecule has 2 rings (SSSR count). The van der Waals surface area contributed by atoms with E-state index in [0.29, 0.717) is 11.1 Å². The van der Waals surface area contributed by atoms with Crippen LogP contribution in [0, 0.1) is 0 Å². The van der Waals surface area contributed by atoms with Crippen molar-refractivity contribution in [3.8, 4) is 16.9 Å². The molecule has 0 fully saturated rings. The van der Waals surface area contributed by atoms with Gasteiger partial charge in [0.05, 0.1) is 0 Å². The first-order valence-corrected chi connectivity index (χ1v) is 4.88. The second-order valence-electron chi connectivity index (χ2n) is 3.40. The number of anilines is 1. The molecule has 0 aliphatic carbocycles. The number of rotatable bonds is 2. The van der Waals surface area contributed by atoms with Crippen molar-refractivity contribution in [1.29, 1.82) is 0 Å². The first-order valence-electron chi connectivity index (χ1n) is 4.88. The van der Waals surface area contributed by atoms with Crippen LogP contribution in [0.25, 0.3) is 11.1 Å². The molecular weight excluding hydrogens is 247 g/mol. The SMILES string of the molecule is Nc1ncc(-c2ccc(OC(F)(F)F)cc2)cn1. The number of nitrogens with zero attached hydrogens (tertiary/aromatic N) is 2. The summed E-state index contributed by atoms with van der Waals surface area (Å²) >= 11 is 0. The van der Waals surface area contributed by atoms with Crippen LogP contribution in [0.4, 0.5) is 19.1 Å². The number of hydrogen-bond donors (Lipinski definition) is 1. The maximum absolute atomic E-state index is 12.0. The van der Waals surface area contributed by atoms with Crippen molar-refractivity contribution < 1.29 is 17.9 Å². The van der Waals surface area contributed by atoms with Gasteiger partial charge in [-0.25, -0.2) is 9.97 Å². The molecule has 2 N–H and O–H groups in total. The van der Waals surface area contributed by atoms with E-state index >= 15 is 0 Å². The lowest BCUT2D eigenvalue weighted by molar-refractivity contribution is -0.274. The summed E-state index contributed by atoms with van der Waals surface area (Å²) in [6.07, 6.45) is -1.71. The van der Waals surface area contributed by atoms with Gasteiger partial charge in [-0.05, 0) is 17.7 Å². The predicted octanol–water partition coefficient (Wildman–Crippen LogP) is 2.62. The van der Waals surface area contributed by atoms with Gasteiger partial charge in [0, 0.05) is 18.0 Å². The van der Waals surface area contributed by atoms with E-state index in [2.05, 4.69) is 14.7 Å². The molecule has 18 heavy (non-hydrogen) atoms. The molecule has 0 radical (unpaired) electrons. The molecule has 0 atom stereocenters. The molecule has 0 spiro atoms. The lowest BCUT2D eigenvalue weighted by Gasteiger charge is -2.09. The molecule has 2 aromatic rings. The van der Waals surface area contributed by atoms with Crippen LogP contribution in [0.15, 0.2) is 36.7 Å². The second-order valence-corrected chi connectivity index (χ2v) is 3.40. The number of nitrogen functional groups attached to an aromatic ring is 1. The Morgan fingerprint density at radius 3 is 2.00 bits per heavy atom. The smallest absolute Gasteiger partial charge is 0.406 e. The Bertz CT molecular complexity index is 523. The van der Waals surface area contributed by atoms with Crippen molar-refractivity contribution in [3.05, 3.63) is 36.7 Å². The Morgan fingerprint density at radius 2 is 1.50 bits per heavy atom. The van der Waals surface area contributed by atoms with Gasteiger partial charge < -0.3 is 10.5 Å². The third-order valence-corrected chi connectivity index (χ3v) is 2.09. The minimum absolute atomic E-state index is 0.135. The predicted molar refractivity (Wildman–Crippen MR) is 58.6 cm³/mol. The number of alkyl halides is 3. The summed E-state index contributed by atoms with van der Waals surface area (Å²) in [6.45, 7) is 0. The zero-order valence-corrected chi connectivity index (χ0v) is 8.98. The molecular formula is C11H8F3N3O. The molecule has 0 saturated heterocycles. The molecule has 0 aliphatic heterocycles. The third kappa shape index (κ3) is 3.09. The number of halogens is 3. The van der Waals surface area contributed by atoms with Crippen LogP contribution in [0.3, 0.4) is 0 Å². The largest absolute Gasteiger partial charge is 0.573 e. The molecule has 1 heterocycles. The van der Waals surface area contributed by atoms with Crippen molar-refractivity contribution in [2.75, 3.05) is 5.73 Å². The summed E-state index contributed by atoms with van der Waals surface area (Å²) in [6, 6.07) is 5.41. The van der Waals surface area contributed by atoms with Crippen LogP contribution >= 0.6 is 0 Å². The van der Waals surface area contributed by atoms with E-state index in [0.717, 1.165) is 0 Å². The van der Waals surface area contributed by atoms with E-state index in [9.17, 15) is 13.2 Å². The van der Waals surface area contributed by atoms with Gasteiger partial charge in [0.1, 0.15) is 5.75 Å². The fourth-order valence-corrected chi connectivity index (χ4v) is 1.34. The highest BCUT2D eigenvalue weighted by Crippen LogP contribution is 2.25. The Kier molecular flexibility index (Phi) is 3.05. The highest BCUT2D eigenvalue weighted by atomic mass is 19.4. The first kappa shape index (κ1) is 12.2. The lowest BCUT2D eigenvalue weighted by atomic mass is 10.1. The number of nitrogens with two attached hydrogens (primary N) is 1. The van der Waals surface area contributed by atoms with Gasteiger partial charge >= 0.3 is 6.36 Å². The number of ether oxygens (including phenoxy) is 1. The van der Waals surface area contributed by atoms with Gasteiger partial charge in [-0.2, -0.15) is 0 Å². The molecule has 7 heteroatoms. The topological polar surface area (TPSA) is 61.0 Å². The standard InChI is InChI=1S/C11H8F3N3O/c12-11(13,14)18-9-3-1-7(2-4-9)8-5-16-10(15)17-6-8/h1-6H,(H2,15,16,17). The van der Waals surface area contributed by atoms with Gasteiger partial charge in [-0.15, -0.1) is 13.2 Å². The van der Waals surface area contributed by atoms with Crippen LogP contribution in [0.1, 0.15) is 0 Å². The zero-order valence-electron chi connectivity index (χ0n) is 8.98. The minimum atomic E-state index is -4.69. The molecule has 0 saturated carbocycles. The van der Waals surface area contributed by atoms with Crippen molar-refractivity contribution in [2.45, 2.75) is 6.36 Å². The molecule has 0 amide bonds. The second kappa shape index (κ2) is 4.52. The van der Waals surface area contributed by atoms with E-state index in [4.69, 9.17) is 5.73 Å². The van der Waals surface area contributed by atoms with E-state index in [1.807, 2.05) is 0 Å². The van der Waals surface area contributed by atoms with Crippen LogP contribution in [0.5, 0.6) is 5.75 Å². The monoisotopic (exact) mass is 255 g/mol. The van der Waals surface area contributed by atoms with Crippen LogP contribution in [-0.2, 0) is 0 Å². The lowest BCUT2D eigenvalue weighted by Crippen LogP contribution is -2.16. The first-order chi connectivity index (χ1) is 8.44. The van der Waals surface area contributed by atoms with Gasteiger partial charge in [0.15, 0.2) is 0 Å². The highest BCUT2D eigenvalue weighted by Gasteiger charge is 2.30. The van der Waals surface area contributed by atoms with Gasteiger partial charge in [0.25, 0.3) is 0 Å². The van der Waals surface area contributed by atoms with Gasteiger partial charge in [0.2, 0.25) is 5.95 Å². The number of aromatic nitrogens is 2. The highest BCUT2D eigenvalue weighted by molar-refractivity contribution is 5.62. The quantitative estimate of drug-likeness (QED) is 0.896. The Balaban J connectivity index is 2.20. The normalized spacial score (nSPS) is 11.3. The number of benzene rings is 1. The molecule has 94 valence electrons. The van der Waals surface area contributed by atoms with E-state index in [-0.39, 0.29) is 11.7 Å². The number of hydrogen-bond acceptors (Lipinski definition) is 4. The third-order valence-electron chi connectivity index (χ3n) is 2.09. The average molecular weight is 255 g/mol. The average Bonchev–Trinajstić information content (AvgIpc) is 2.29. The summed E-state index contributed by atoms with van der Waals surface area (Å²) in [5.74, 6) is -0.140. The van der Waals surface area contributed by atoms with E-state index in [1.165, 1.54) is 36.7 Å². The Labute approximate surface area is 100 Å². The zero-order chi connectivity index (χ0) is 13.2. The van der Waals surface area contributed by atoms with Gasteiger partial charge in [-0.1, -0.05) is 12.1 Å². The van der Waals surface area contributed by atoms with E-state index in [1.54, 1.807) is 0 Å². The molecule has 4 nitrogen and oxygen atoms in total. The summed E-state index contributed by atoms with van der Waals surface area (Å²) in [5.41, 5.74) is 6.66. The van der Waals surface area contributed by atoms with Crippen LogP contribution in [0.2, 0.25) is 0 Å². The Hall–Kier alpha value is -2.31. The van der Waals surface area contributed by atoms with Crippen molar-refractivity contribution >= 4 is 5.95 Å². The fraction of sp³-hybridized carbons (Fsp3) is 0.0909. The Morgan fingerprint density at radius 1 is 0.944 bits per heavy atom. The molecule has 1 aromatic heterocycles. The molecule has 0 bridgehead atoms. The molecule has 1 aromatic carbocycles. The summed E-state index contributed by atoms with van der Waals surface area (Å²) < 4.78 is 39.6. The van der Waals surface area contributed by atoms with Crippen molar-refractivity contribution in [3.63, 3.8) is 0 Å². The van der Waals surface area contributed by atoms with Crippen molar-refractivity contribution in [2.24, 2.45) is 0 Å². The minimum Gasteiger partial charge on any atom is -0.406 e.